The Kier molecular flexibility index (Phi) is 31.2. The first-order chi connectivity index (χ1) is 26.4. The number of aliphatic hydroxyl groups excluding tert-OH is 6. The molecule has 0 saturated heterocycles. The highest BCUT2D eigenvalue weighted by Crippen LogP contribution is 2.47. The van der Waals surface area contributed by atoms with E-state index in [4.69, 9.17) is 9.05 Å². The monoisotopic (exact) mass is 808 g/mol. The van der Waals surface area contributed by atoms with E-state index in [0.29, 0.717) is 6.42 Å². The van der Waals surface area contributed by atoms with Crippen LogP contribution >= 0.6 is 7.82 Å². The van der Waals surface area contributed by atoms with Crippen molar-refractivity contribution in [1.29, 1.82) is 0 Å². The highest BCUT2D eigenvalue weighted by atomic mass is 31.2. The van der Waals surface area contributed by atoms with Gasteiger partial charge in [-0.05, 0) is 19.3 Å². The minimum atomic E-state index is -5.07. The van der Waals surface area contributed by atoms with Crippen molar-refractivity contribution in [3.8, 4) is 0 Å². The molecular formula is C42H82NO11P. The van der Waals surface area contributed by atoms with Gasteiger partial charge in [0.1, 0.15) is 36.6 Å². The Hall–Kier alpha value is -0.920. The second-order valence-electron chi connectivity index (χ2n) is 15.9. The average molecular weight is 808 g/mol. The van der Waals surface area contributed by atoms with Crippen molar-refractivity contribution in [2.45, 2.75) is 242 Å². The maximum atomic E-state index is 12.9. The molecule has 1 saturated carbocycles. The summed E-state index contributed by atoms with van der Waals surface area (Å²) in [6.07, 6.45) is 22.8. The van der Waals surface area contributed by atoms with Crippen LogP contribution in [0.15, 0.2) is 12.2 Å². The number of allylic oxidation sites excluding steroid dienone is 1. The van der Waals surface area contributed by atoms with Gasteiger partial charge in [-0.3, -0.25) is 13.8 Å². The summed E-state index contributed by atoms with van der Waals surface area (Å²) in [6.45, 7) is 3.82. The molecular weight excluding hydrogens is 725 g/mol. The summed E-state index contributed by atoms with van der Waals surface area (Å²) in [5.41, 5.74) is 0. The van der Waals surface area contributed by atoms with Crippen molar-refractivity contribution < 1.29 is 53.9 Å². The van der Waals surface area contributed by atoms with Gasteiger partial charge in [0.2, 0.25) is 5.91 Å². The maximum Gasteiger partial charge on any atom is 0.472 e. The van der Waals surface area contributed by atoms with Crippen LogP contribution in [0.2, 0.25) is 0 Å². The Morgan fingerprint density at radius 2 is 0.964 bits per heavy atom. The van der Waals surface area contributed by atoms with Crippen LogP contribution in [0.25, 0.3) is 0 Å². The van der Waals surface area contributed by atoms with Crippen LogP contribution in [0.1, 0.15) is 194 Å². The van der Waals surface area contributed by atoms with Gasteiger partial charge in [0.15, 0.2) is 0 Å². The molecule has 326 valence electrons. The number of hydrogen-bond donors (Lipinski definition) is 8. The van der Waals surface area contributed by atoms with Crippen LogP contribution in [0.3, 0.4) is 0 Å². The normalized spacial score (nSPS) is 23.9. The summed E-state index contributed by atoms with van der Waals surface area (Å²) in [5.74, 6) is -0.341. The minimum Gasteiger partial charge on any atom is -0.387 e. The van der Waals surface area contributed by atoms with Gasteiger partial charge >= 0.3 is 7.82 Å². The topological polar surface area (TPSA) is 206 Å². The van der Waals surface area contributed by atoms with Gasteiger partial charge in [0.25, 0.3) is 0 Å². The van der Waals surface area contributed by atoms with Gasteiger partial charge in [-0.15, -0.1) is 0 Å². The Bertz CT molecular complexity index is 989. The third kappa shape index (κ3) is 25.2. The Morgan fingerprint density at radius 1 is 0.600 bits per heavy atom. The fourth-order valence-corrected chi connectivity index (χ4v) is 8.10. The van der Waals surface area contributed by atoms with Crippen LogP contribution in [0.4, 0.5) is 0 Å². The summed E-state index contributed by atoms with van der Waals surface area (Å²) < 4.78 is 22.9. The fraction of sp³-hybridized carbons (Fsp3) is 0.929. The number of hydrogen-bond acceptors (Lipinski definition) is 10. The number of amides is 1. The minimum absolute atomic E-state index is 0.218. The molecule has 0 aromatic carbocycles. The summed E-state index contributed by atoms with van der Waals surface area (Å²) in [4.78, 5) is 23.3. The van der Waals surface area contributed by atoms with Gasteiger partial charge in [0.05, 0.1) is 18.8 Å². The predicted molar refractivity (Wildman–Crippen MR) is 218 cm³/mol. The number of nitrogens with one attached hydrogen (secondary N) is 1. The molecule has 1 aliphatic carbocycles. The predicted octanol–water partition coefficient (Wildman–Crippen LogP) is 7.67. The van der Waals surface area contributed by atoms with Crippen LogP contribution in [-0.4, -0.2) is 96.8 Å². The quantitative estimate of drug-likeness (QED) is 0.0175. The third-order valence-corrected chi connectivity index (χ3v) is 11.8. The molecule has 0 aromatic heterocycles. The average Bonchev–Trinajstić information content (AvgIpc) is 3.16. The molecule has 6 unspecified atom stereocenters. The number of phosphoric acid groups is 1. The van der Waals surface area contributed by atoms with E-state index in [1.54, 1.807) is 0 Å². The van der Waals surface area contributed by atoms with E-state index in [9.17, 15) is 44.9 Å². The molecule has 1 rings (SSSR count). The first-order valence-corrected chi connectivity index (χ1v) is 23.6. The van der Waals surface area contributed by atoms with Crippen molar-refractivity contribution in [3.63, 3.8) is 0 Å². The van der Waals surface area contributed by atoms with E-state index in [1.807, 2.05) is 6.08 Å². The van der Waals surface area contributed by atoms with Gasteiger partial charge in [-0.1, -0.05) is 180 Å². The third-order valence-electron chi connectivity index (χ3n) is 10.8. The molecule has 1 aliphatic rings. The Labute approximate surface area is 333 Å². The van der Waals surface area contributed by atoms with Crippen molar-refractivity contribution in [2.75, 3.05) is 6.61 Å². The molecule has 9 atom stereocenters. The largest absolute Gasteiger partial charge is 0.472 e. The zero-order valence-electron chi connectivity index (χ0n) is 34.5. The van der Waals surface area contributed by atoms with Gasteiger partial charge in [-0.2, -0.15) is 0 Å². The van der Waals surface area contributed by atoms with Gasteiger partial charge in [-0.25, -0.2) is 4.57 Å². The molecule has 12 nitrogen and oxygen atoms in total. The SMILES string of the molecule is CCCCCCCCCCCCCCCC/C=C/[C@@H](O)[C@H](COP(=O)(O)OC1C(O)C(O)C(O)[C@@H](O)C1O)NC(=O)CCCCCCCCCCCCCC. The molecule has 8 N–H and O–H groups in total. The van der Waals surface area contributed by atoms with Crippen molar-refractivity contribution in [1.82, 2.24) is 5.32 Å². The number of carbonyl (C=O) groups excluding carboxylic acids is 1. The molecule has 0 aliphatic heterocycles. The van der Waals surface area contributed by atoms with Crippen molar-refractivity contribution in [3.05, 3.63) is 12.2 Å². The van der Waals surface area contributed by atoms with E-state index < -0.39 is 63.2 Å². The number of phosphoric ester groups is 1. The van der Waals surface area contributed by atoms with E-state index in [2.05, 4.69) is 19.2 Å². The summed E-state index contributed by atoms with van der Waals surface area (Å²) in [6, 6.07) is -1.11. The number of carbonyl (C=O) groups is 1. The van der Waals surface area contributed by atoms with Crippen LogP contribution in [0, 0.1) is 0 Å². The first-order valence-electron chi connectivity index (χ1n) is 22.1. The van der Waals surface area contributed by atoms with E-state index in [-0.39, 0.29) is 12.3 Å². The second-order valence-corrected chi connectivity index (χ2v) is 17.3. The molecule has 1 fully saturated rings. The molecule has 0 aromatic rings. The molecule has 55 heavy (non-hydrogen) atoms. The lowest BCUT2D eigenvalue weighted by Gasteiger charge is -2.41. The fourth-order valence-electron chi connectivity index (χ4n) is 7.14. The molecule has 0 radical (unpaired) electrons. The number of aliphatic hydroxyl groups is 6. The van der Waals surface area contributed by atoms with E-state index >= 15 is 0 Å². The van der Waals surface area contributed by atoms with Crippen molar-refractivity contribution in [2.24, 2.45) is 0 Å². The second kappa shape index (κ2) is 33.0. The zero-order chi connectivity index (χ0) is 40.7. The zero-order valence-corrected chi connectivity index (χ0v) is 35.4. The van der Waals surface area contributed by atoms with Gasteiger partial charge in [0, 0.05) is 6.42 Å². The summed E-state index contributed by atoms with van der Waals surface area (Å²) in [7, 11) is -5.07. The van der Waals surface area contributed by atoms with Crippen LogP contribution in [-0.2, 0) is 18.4 Å². The highest BCUT2D eigenvalue weighted by Gasteiger charge is 2.51. The Balaban J connectivity index is 2.53. The molecule has 0 spiro atoms. The smallest absolute Gasteiger partial charge is 0.387 e. The molecule has 1 amide bonds. The lowest BCUT2D eigenvalue weighted by atomic mass is 9.85. The summed E-state index contributed by atoms with van der Waals surface area (Å²) in [5, 5.41) is 63.8. The molecule has 0 bridgehead atoms. The standard InChI is InChI=1S/C42H82NO11P/c1-3-5-7-9-11-13-15-17-18-19-20-21-23-25-27-29-31-35(44)34(43-36(45)32-30-28-26-24-22-16-14-12-10-8-6-4-2)33-53-55(51,52)54-42-40(49)38(47)37(46)39(48)41(42)50/h29,31,34-35,37-42,44,46-50H,3-28,30,32-33H2,1-2H3,(H,43,45)(H,51,52)/b31-29+/t34-,35+,37?,38+,39?,40?,41?,42?/m0/s1. The van der Waals surface area contributed by atoms with Gasteiger partial charge < -0.3 is 40.8 Å². The molecule has 13 heteroatoms. The van der Waals surface area contributed by atoms with Crippen molar-refractivity contribution >= 4 is 13.7 Å². The number of rotatable bonds is 36. The Morgan fingerprint density at radius 3 is 1.38 bits per heavy atom. The summed E-state index contributed by atoms with van der Waals surface area (Å²) >= 11 is 0. The van der Waals surface area contributed by atoms with E-state index in [1.165, 1.54) is 128 Å². The van der Waals surface area contributed by atoms with E-state index in [0.717, 1.165) is 44.9 Å². The lowest BCUT2D eigenvalue weighted by molar-refractivity contribution is -0.220. The molecule has 0 heterocycles. The van der Waals surface area contributed by atoms with Crippen LogP contribution in [0.5, 0.6) is 0 Å². The lowest BCUT2D eigenvalue weighted by Crippen LogP contribution is -2.64. The first kappa shape index (κ1) is 52.1. The number of unbranched alkanes of at least 4 members (excludes halogenated alkanes) is 25. The maximum absolute atomic E-state index is 12.9. The highest BCUT2D eigenvalue weighted by molar-refractivity contribution is 7.47. The van der Waals surface area contributed by atoms with Crippen LogP contribution < -0.4 is 5.32 Å².